The summed E-state index contributed by atoms with van der Waals surface area (Å²) in [6, 6.07) is 9.27. The largest absolute Gasteiger partial charge is 0.409 e. The molecule has 2 aromatic rings. The first-order valence-electron chi connectivity index (χ1n) is 4.06. The number of benzene rings is 1. The van der Waals surface area contributed by atoms with Crippen molar-refractivity contribution in [3.05, 3.63) is 48.3 Å². The molecule has 0 bridgehead atoms. The fourth-order valence-electron chi connectivity index (χ4n) is 1.14. The SMILES string of the molecule is O/N=C(\c1ccccc1)n1ccnn1. The maximum Gasteiger partial charge on any atom is 0.201 e. The second-order valence-electron chi connectivity index (χ2n) is 2.64. The van der Waals surface area contributed by atoms with Crippen LogP contribution in [0, 0.1) is 0 Å². The Morgan fingerprint density at radius 1 is 1.29 bits per heavy atom. The Hall–Kier alpha value is -2.17. The van der Waals surface area contributed by atoms with Gasteiger partial charge in [0, 0.05) is 5.56 Å². The van der Waals surface area contributed by atoms with E-state index in [1.54, 1.807) is 6.20 Å². The van der Waals surface area contributed by atoms with Gasteiger partial charge in [-0.3, -0.25) is 0 Å². The third kappa shape index (κ3) is 1.47. The molecule has 2 rings (SSSR count). The van der Waals surface area contributed by atoms with Gasteiger partial charge in [-0.05, 0) is 0 Å². The summed E-state index contributed by atoms with van der Waals surface area (Å²) < 4.78 is 1.40. The van der Waals surface area contributed by atoms with E-state index in [1.165, 1.54) is 10.9 Å². The topological polar surface area (TPSA) is 63.3 Å². The van der Waals surface area contributed by atoms with E-state index in [4.69, 9.17) is 5.21 Å². The van der Waals surface area contributed by atoms with E-state index in [1.807, 2.05) is 30.3 Å². The van der Waals surface area contributed by atoms with Gasteiger partial charge < -0.3 is 5.21 Å². The highest BCUT2D eigenvalue weighted by molar-refractivity contribution is 5.99. The van der Waals surface area contributed by atoms with Gasteiger partial charge in [0.15, 0.2) is 0 Å². The van der Waals surface area contributed by atoms with Gasteiger partial charge in [-0.15, -0.1) is 5.10 Å². The average Bonchev–Trinajstić information content (AvgIpc) is 2.74. The van der Waals surface area contributed by atoms with Crippen LogP contribution in [0.2, 0.25) is 0 Å². The van der Waals surface area contributed by atoms with Crippen LogP contribution in [0.25, 0.3) is 0 Å². The molecule has 5 nitrogen and oxygen atoms in total. The lowest BCUT2D eigenvalue weighted by molar-refractivity contribution is 0.316. The molecular formula is C9H8N4O. The van der Waals surface area contributed by atoms with Crippen LogP contribution >= 0.6 is 0 Å². The zero-order chi connectivity index (χ0) is 9.80. The smallest absolute Gasteiger partial charge is 0.201 e. The normalized spacial score (nSPS) is 11.6. The molecule has 0 fully saturated rings. The molecule has 5 heteroatoms. The molecule has 1 aromatic carbocycles. The summed E-state index contributed by atoms with van der Waals surface area (Å²) >= 11 is 0. The Bertz CT molecular complexity index is 421. The molecule has 0 spiro atoms. The van der Waals surface area contributed by atoms with Gasteiger partial charge in [-0.1, -0.05) is 40.7 Å². The van der Waals surface area contributed by atoms with Crippen molar-refractivity contribution in [3.63, 3.8) is 0 Å². The van der Waals surface area contributed by atoms with Crippen LogP contribution in [0.3, 0.4) is 0 Å². The lowest BCUT2D eigenvalue weighted by Crippen LogP contribution is -2.14. The minimum absolute atomic E-state index is 0.350. The van der Waals surface area contributed by atoms with Gasteiger partial charge >= 0.3 is 0 Å². The van der Waals surface area contributed by atoms with E-state index < -0.39 is 0 Å². The molecule has 14 heavy (non-hydrogen) atoms. The molecule has 0 aliphatic carbocycles. The number of rotatable bonds is 1. The highest BCUT2D eigenvalue weighted by Gasteiger charge is 2.05. The molecule has 0 amide bonds. The Labute approximate surface area is 80.3 Å². The van der Waals surface area contributed by atoms with E-state index in [9.17, 15) is 0 Å². The predicted molar refractivity (Wildman–Crippen MR) is 50.2 cm³/mol. The van der Waals surface area contributed by atoms with Crippen LogP contribution in [0.15, 0.2) is 47.9 Å². The van der Waals surface area contributed by atoms with Crippen LogP contribution in [0.5, 0.6) is 0 Å². The number of nitrogens with zero attached hydrogens (tertiary/aromatic N) is 4. The summed E-state index contributed by atoms with van der Waals surface area (Å²) in [6.07, 6.45) is 3.14. The lowest BCUT2D eigenvalue weighted by Gasteiger charge is -2.01. The summed E-state index contributed by atoms with van der Waals surface area (Å²) in [4.78, 5) is 0. The van der Waals surface area contributed by atoms with Crippen molar-refractivity contribution in [1.82, 2.24) is 15.0 Å². The Balaban J connectivity index is 2.43. The quantitative estimate of drug-likeness (QED) is 0.314. The third-order valence-electron chi connectivity index (χ3n) is 1.77. The molecule has 0 saturated heterocycles. The maximum absolute atomic E-state index is 8.85. The fraction of sp³-hybridized carbons (Fsp3) is 0. The van der Waals surface area contributed by atoms with Crippen molar-refractivity contribution < 1.29 is 5.21 Å². The lowest BCUT2D eigenvalue weighted by atomic mass is 10.2. The summed E-state index contributed by atoms with van der Waals surface area (Å²) in [5.74, 6) is 0.350. The summed E-state index contributed by atoms with van der Waals surface area (Å²) in [5.41, 5.74) is 0.778. The van der Waals surface area contributed by atoms with Gasteiger partial charge in [-0.2, -0.15) is 4.68 Å². The zero-order valence-electron chi connectivity index (χ0n) is 7.28. The van der Waals surface area contributed by atoms with Crippen molar-refractivity contribution in [3.8, 4) is 0 Å². The van der Waals surface area contributed by atoms with Gasteiger partial charge in [0.1, 0.15) is 0 Å². The highest BCUT2D eigenvalue weighted by Crippen LogP contribution is 2.01. The van der Waals surface area contributed by atoms with Crippen LogP contribution in [0.4, 0.5) is 0 Å². The molecule has 1 heterocycles. The van der Waals surface area contributed by atoms with E-state index in [0.717, 1.165) is 5.56 Å². The first-order chi connectivity index (χ1) is 6.92. The summed E-state index contributed by atoms with van der Waals surface area (Å²) in [5, 5.41) is 19.4. The Morgan fingerprint density at radius 3 is 2.64 bits per heavy atom. The van der Waals surface area contributed by atoms with Crippen molar-refractivity contribution in [2.45, 2.75) is 0 Å². The summed E-state index contributed by atoms with van der Waals surface area (Å²) in [6.45, 7) is 0. The van der Waals surface area contributed by atoms with Crippen molar-refractivity contribution in [2.75, 3.05) is 0 Å². The van der Waals surface area contributed by atoms with Gasteiger partial charge in [0.2, 0.25) is 5.84 Å². The maximum atomic E-state index is 8.85. The van der Waals surface area contributed by atoms with Gasteiger partial charge in [0.05, 0.1) is 12.4 Å². The van der Waals surface area contributed by atoms with Crippen molar-refractivity contribution >= 4 is 5.84 Å². The minimum atomic E-state index is 0.350. The first-order valence-corrected chi connectivity index (χ1v) is 4.06. The molecule has 0 radical (unpaired) electrons. The number of hydrogen-bond acceptors (Lipinski definition) is 4. The fourth-order valence-corrected chi connectivity index (χ4v) is 1.14. The van der Waals surface area contributed by atoms with Crippen LogP contribution in [0.1, 0.15) is 5.56 Å². The highest BCUT2D eigenvalue weighted by atomic mass is 16.4. The monoisotopic (exact) mass is 188 g/mol. The molecule has 1 aromatic heterocycles. The van der Waals surface area contributed by atoms with Crippen LogP contribution in [-0.2, 0) is 0 Å². The van der Waals surface area contributed by atoms with Gasteiger partial charge in [-0.25, -0.2) is 0 Å². The molecule has 0 aliphatic heterocycles. The van der Waals surface area contributed by atoms with Gasteiger partial charge in [0.25, 0.3) is 0 Å². The third-order valence-corrected chi connectivity index (χ3v) is 1.77. The standard InChI is InChI=1S/C9H8N4O/c14-11-9(13-7-6-10-12-13)8-4-2-1-3-5-8/h1-7,14H/b11-9+. The number of oxime groups is 1. The average molecular weight is 188 g/mol. The van der Waals surface area contributed by atoms with E-state index in [0.29, 0.717) is 5.84 Å². The molecular weight excluding hydrogens is 180 g/mol. The Morgan fingerprint density at radius 2 is 2.07 bits per heavy atom. The van der Waals surface area contributed by atoms with Crippen molar-refractivity contribution in [1.29, 1.82) is 0 Å². The number of hydrogen-bond donors (Lipinski definition) is 1. The number of aromatic nitrogens is 3. The van der Waals surface area contributed by atoms with Crippen molar-refractivity contribution in [2.24, 2.45) is 5.16 Å². The Kier molecular flexibility index (Phi) is 2.22. The molecule has 0 unspecified atom stereocenters. The second-order valence-corrected chi connectivity index (χ2v) is 2.64. The van der Waals surface area contributed by atoms with E-state index >= 15 is 0 Å². The predicted octanol–water partition coefficient (Wildman–Crippen LogP) is 0.962. The minimum Gasteiger partial charge on any atom is -0.409 e. The second kappa shape index (κ2) is 3.69. The van der Waals surface area contributed by atoms with E-state index in [2.05, 4.69) is 15.5 Å². The van der Waals surface area contributed by atoms with E-state index in [-0.39, 0.29) is 0 Å². The van der Waals surface area contributed by atoms with Crippen LogP contribution in [-0.4, -0.2) is 26.0 Å². The molecule has 0 saturated carbocycles. The summed E-state index contributed by atoms with van der Waals surface area (Å²) in [7, 11) is 0. The molecule has 70 valence electrons. The molecule has 1 N–H and O–H groups in total. The first kappa shape index (κ1) is 8.43. The molecule has 0 aliphatic rings. The zero-order valence-corrected chi connectivity index (χ0v) is 7.28. The van der Waals surface area contributed by atoms with Crippen LogP contribution < -0.4 is 0 Å². The molecule has 0 atom stereocenters.